The van der Waals surface area contributed by atoms with Gasteiger partial charge in [-0.15, -0.1) is 0 Å². The first-order valence-corrected chi connectivity index (χ1v) is 8.83. The third kappa shape index (κ3) is 5.00. The lowest BCUT2D eigenvalue weighted by Gasteiger charge is -2.16. The van der Waals surface area contributed by atoms with Crippen molar-refractivity contribution in [1.82, 2.24) is 10.4 Å². The zero-order valence-corrected chi connectivity index (χ0v) is 17.4. The number of nitrogens with one attached hydrogen (secondary N) is 2. The molecule has 1 aromatic heterocycles. The number of rotatable bonds is 5. The molecule has 0 saturated heterocycles. The Balaban J connectivity index is 2.94. The van der Waals surface area contributed by atoms with Gasteiger partial charge in [0, 0.05) is 31.9 Å². The minimum Gasteiger partial charge on any atom is -0.424 e. The third-order valence-corrected chi connectivity index (χ3v) is 3.83. The van der Waals surface area contributed by atoms with E-state index in [1.807, 2.05) is 0 Å². The van der Waals surface area contributed by atoms with Gasteiger partial charge in [0.2, 0.25) is 0 Å². The topological polar surface area (TPSA) is 145 Å². The van der Waals surface area contributed by atoms with Gasteiger partial charge in [0.1, 0.15) is 5.15 Å². The Morgan fingerprint density at radius 2 is 1.59 bits per heavy atom. The molecule has 2 rings (SSSR count). The van der Waals surface area contributed by atoms with Gasteiger partial charge >= 0.3 is 17.9 Å². The summed E-state index contributed by atoms with van der Waals surface area (Å²) in [4.78, 5) is 37.8. The maximum atomic E-state index is 11.7. The second kappa shape index (κ2) is 8.88. The molecule has 0 atom stereocenters. The number of nitrogens with two attached hydrogens (primary N) is 1. The summed E-state index contributed by atoms with van der Waals surface area (Å²) >= 11 is 11.0. The molecule has 0 unspecified atom stereocenters. The number of halogens is 1. The second-order valence-electron chi connectivity index (χ2n) is 5.73. The largest absolute Gasteiger partial charge is 0.424 e. The number of aromatic nitrogens is 1. The molecule has 0 fully saturated rings. The van der Waals surface area contributed by atoms with E-state index in [1.54, 1.807) is 0 Å². The average Bonchev–Trinajstić information content (AvgIpc) is 2.90. The minimum atomic E-state index is -0.680. The van der Waals surface area contributed by atoms with Crippen molar-refractivity contribution in [3.05, 3.63) is 16.3 Å². The van der Waals surface area contributed by atoms with Crippen LogP contribution in [0.15, 0.2) is 5.10 Å². The molecule has 1 aromatic carbocycles. The third-order valence-electron chi connectivity index (χ3n) is 3.44. The fraction of sp³-hybridized carbons (Fsp3) is 0.235. The summed E-state index contributed by atoms with van der Waals surface area (Å²) in [5.74, 6) is -2.15. The number of nitrogens with zero attached hydrogens (tertiary/aromatic N) is 1. The maximum Gasteiger partial charge on any atom is 0.308 e. The van der Waals surface area contributed by atoms with E-state index in [0.717, 1.165) is 0 Å². The van der Waals surface area contributed by atoms with Crippen LogP contribution in [0.4, 0.5) is 0 Å². The van der Waals surface area contributed by atoms with Crippen molar-refractivity contribution in [3.8, 4) is 17.2 Å². The molecule has 10 nitrogen and oxygen atoms in total. The van der Waals surface area contributed by atoms with Gasteiger partial charge in [0.15, 0.2) is 22.4 Å². The highest BCUT2D eigenvalue weighted by atomic mass is 35.5. The molecule has 12 heteroatoms. The van der Waals surface area contributed by atoms with Crippen molar-refractivity contribution >= 4 is 64.0 Å². The lowest BCUT2D eigenvalue weighted by atomic mass is 10.1. The lowest BCUT2D eigenvalue weighted by Crippen LogP contribution is -2.24. The molecule has 1 heterocycles. The van der Waals surface area contributed by atoms with Gasteiger partial charge in [-0.2, -0.15) is 5.10 Å². The van der Waals surface area contributed by atoms with E-state index < -0.39 is 17.9 Å². The van der Waals surface area contributed by atoms with E-state index in [0.29, 0.717) is 0 Å². The molecule has 0 aliphatic carbocycles. The van der Waals surface area contributed by atoms with Crippen LogP contribution in [0.25, 0.3) is 10.9 Å². The van der Waals surface area contributed by atoms with Crippen molar-refractivity contribution in [2.75, 3.05) is 0 Å². The van der Waals surface area contributed by atoms with Gasteiger partial charge in [-0.1, -0.05) is 11.6 Å². The van der Waals surface area contributed by atoms with Crippen molar-refractivity contribution in [3.63, 3.8) is 0 Å². The Bertz CT molecular complexity index is 1060. The summed E-state index contributed by atoms with van der Waals surface area (Å²) in [5.41, 5.74) is 8.41. The number of esters is 3. The van der Waals surface area contributed by atoms with E-state index in [1.165, 1.54) is 33.9 Å². The molecule has 0 saturated carbocycles. The molecule has 0 spiro atoms. The van der Waals surface area contributed by atoms with Crippen molar-refractivity contribution in [2.45, 2.75) is 27.7 Å². The first-order chi connectivity index (χ1) is 13.5. The smallest absolute Gasteiger partial charge is 0.308 e. The highest BCUT2D eigenvalue weighted by Gasteiger charge is 2.28. The summed E-state index contributed by atoms with van der Waals surface area (Å²) in [6.45, 7) is 5.08. The molecule has 0 radical (unpaired) electrons. The standard InChI is InChI=1S/C17H17ClN4O6S/c1-6-13(26-7(2)23)12-11(10(16(18)21-12)5-20-22-17(19)29)15(28-9(4)25)14(6)27-8(3)24/h5,21H,1-4H3,(H3,19,22,29)/b20-5+. The van der Waals surface area contributed by atoms with Crippen LogP contribution in [0.3, 0.4) is 0 Å². The average molecular weight is 441 g/mol. The number of hydrogen-bond donors (Lipinski definition) is 3. The monoisotopic (exact) mass is 440 g/mol. The molecule has 0 aliphatic rings. The lowest BCUT2D eigenvalue weighted by molar-refractivity contribution is -0.134. The van der Waals surface area contributed by atoms with Crippen molar-refractivity contribution in [2.24, 2.45) is 10.8 Å². The summed E-state index contributed by atoms with van der Waals surface area (Å²) < 4.78 is 15.9. The quantitative estimate of drug-likeness (QED) is 0.209. The molecule has 29 heavy (non-hydrogen) atoms. The molecular weight excluding hydrogens is 424 g/mol. The predicted octanol–water partition coefficient (Wildman–Crippen LogP) is 2.07. The van der Waals surface area contributed by atoms with Crippen LogP contribution in [-0.4, -0.2) is 34.2 Å². The highest BCUT2D eigenvalue weighted by Crippen LogP contribution is 2.48. The Labute approximate surface area is 175 Å². The summed E-state index contributed by atoms with van der Waals surface area (Å²) in [5, 5.41) is 4.03. The number of carbonyl (C=O) groups is 3. The Hall–Kier alpha value is -3.18. The molecule has 4 N–H and O–H groups in total. The number of benzene rings is 1. The number of H-pyrrole nitrogens is 1. The Morgan fingerprint density at radius 1 is 1.07 bits per heavy atom. The summed E-state index contributed by atoms with van der Waals surface area (Å²) in [7, 11) is 0. The number of carbonyl (C=O) groups excluding carboxylic acids is 3. The number of ether oxygens (including phenoxy) is 3. The first-order valence-electron chi connectivity index (χ1n) is 8.04. The normalized spacial score (nSPS) is 10.8. The van der Waals surface area contributed by atoms with Crippen LogP contribution in [0.1, 0.15) is 31.9 Å². The predicted molar refractivity (Wildman–Crippen MR) is 109 cm³/mol. The second-order valence-corrected chi connectivity index (χ2v) is 6.55. The van der Waals surface area contributed by atoms with E-state index in [9.17, 15) is 14.4 Å². The Kier molecular flexibility index (Phi) is 6.77. The van der Waals surface area contributed by atoms with E-state index in [-0.39, 0.29) is 49.5 Å². The van der Waals surface area contributed by atoms with E-state index in [4.69, 9.17) is 31.5 Å². The first kappa shape index (κ1) is 22.1. The van der Waals surface area contributed by atoms with Gasteiger partial charge in [-0.3, -0.25) is 19.8 Å². The van der Waals surface area contributed by atoms with Crippen LogP contribution >= 0.6 is 23.8 Å². The van der Waals surface area contributed by atoms with Crippen LogP contribution in [0, 0.1) is 6.92 Å². The van der Waals surface area contributed by atoms with Gasteiger partial charge in [-0.25, -0.2) is 0 Å². The zero-order chi connectivity index (χ0) is 21.9. The Morgan fingerprint density at radius 3 is 2.10 bits per heavy atom. The van der Waals surface area contributed by atoms with Gasteiger partial charge in [0.05, 0.1) is 17.1 Å². The van der Waals surface area contributed by atoms with Crippen LogP contribution < -0.4 is 25.4 Å². The number of hydrogen-bond acceptors (Lipinski definition) is 8. The zero-order valence-electron chi connectivity index (χ0n) is 15.8. The van der Waals surface area contributed by atoms with Crippen molar-refractivity contribution < 1.29 is 28.6 Å². The molecule has 154 valence electrons. The number of thiocarbonyl (C=S) groups is 1. The van der Waals surface area contributed by atoms with E-state index in [2.05, 4.69) is 27.7 Å². The summed E-state index contributed by atoms with van der Waals surface area (Å²) in [6, 6.07) is 0. The number of fused-ring (bicyclic) bond motifs is 1. The fourth-order valence-corrected chi connectivity index (χ4v) is 2.82. The summed E-state index contributed by atoms with van der Waals surface area (Å²) in [6.07, 6.45) is 1.26. The van der Waals surface area contributed by atoms with E-state index >= 15 is 0 Å². The van der Waals surface area contributed by atoms with Crippen LogP contribution in [-0.2, 0) is 14.4 Å². The molecule has 0 amide bonds. The highest BCUT2D eigenvalue weighted by molar-refractivity contribution is 7.80. The number of hydrazone groups is 1. The maximum absolute atomic E-state index is 11.7. The molecule has 0 bridgehead atoms. The number of aromatic amines is 1. The molecule has 2 aromatic rings. The molecule has 0 aliphatic heterocycles. The van der Waals surface area contributed by atoms with Gasteiger partial charge < -0.3 is 24.9 Å². The molecular formula is C17H17ClN4O6S. The van der Waals surface area contributed by atoms with Crippen LogP contribution in [0.2, 0.25) is 5.15 Å². The van der Waals surface area contributed by atoms with Gasteiger partial charge in [0.25, 0.3) is 0 Å². The van der Waals surface area contributed by atoms with Crippen LogP contribution in [0.5, 0.6) is 17.2 Å². The fourth-order valence-electron chi connectivity index (χ4n) is 2.53. The minimum absolute atomic E-state index is 0.0449. The van der Waals surface area contributed by atoms with Gasteiger partial charge in [-0.05, 0) is 19.1 Å². The SMILES string of the molecule is CC(=O)Oc1c(C)c(OC(C)=O)c2[nH]c(Cl)c(/C=N/NC(N)=S)c2c1OC(C)=O. The van der Waals surface area contributed by atoms with Crippen molar-refractivity contribution in [1.29, 1.82) is 0 Å².